The van der Waals surface area contributed by atoms with Crippen molar-refractivity contribution in [1.29, 1.82) is 0 Å². The van der Waals surface area contributed by atoms with Crippen LogP contribution in [0.4, 0.5) is 4.39 Å². The van der Waals surface area contributed by atoms with Crippen LogP contribution in [0.2, 0.25) is 0 Å². The first-order chi connectivity index (χ1) is 10.2. The summed E-state index contributed by atoms with van der Waals surface area (Å²) in [4.78, 5) is 4.25. The van der Waals surface area contributed by atoms with E-state index in [1.807, 2.05) is 0 Å². The van der Waals surface area contributed by atoms with E-state index in [9.17, 15) is 4.39 Å². The first-order valence-electron chi connectivity index (χ1n) is 6.42. The highest BCUT2D eigenvalue weighted by Crippen LogP contribution is 2.16. The van der Waals surface area contributed by atoms with Crippen molar-refractivity contribution in [3.63, 3.8) is 0 Å². The molecule has 0 bridgehead atoms. The van der Waals surface area contributed by atoms with Crippen LogP contribution in [-0.2, 0) is 13.0 Å². The van der Waals surface area contributed by atoms with Gasteiger partial charge in [-0.05, 0) is 30.8 Å². The van der Waals surface area contributed by atoms with Crippen molar-refractivity contribution < 1.29 is 8.91 Å². The van der Waals surface area contributed by atoms with E-state index in [0.29, 0.717) is 36.8 Å². The van der Waals surface area contributed by atoms with Gasteiger partial charge in [-0.25, -0.2) is 9.07 Å². The second-order valence-corrected chi connectivity index (χ2v) is 4.46. The summed E-state index contributed by atoms with van der Waals surface area (Å²) in [5.74, 6) is 0.503. The molecule has 0 aliphatic rings. The molecule has 7 nitrogen and oxygen atoms in total. The Morgan fingerprint density at radius 1 is 1.24 bits per heavy atom. The van der Waals surface area contributed by atoms with Crippen molar-refractivity contribution in [1.82, 2.24) is 25.1 Å². The summed E-state index contributed by atoms with van der Waals surface area (Å²) in [7, 11) is 0. The van der Waals surface area contributed by atoms with Crippen molar-refractivity contribution in [2.75, 3.05) is 6.54 Å². The minimum atomic E-state index is -0.308. The summed E-state index contributed by atoms with van der Waals surface area (Å²) in [6.07, 6.45) is 2.46. The Kier molecular flexibility index (Phi) is 3.69. The summed E-state index contributed by atoms with van der Waals surface area (Å²) >= 11 is 0. The van der Waals surface area contributed by atoms with Gasteiger partial charge in [-0.3, -0.25) is 0 Å². The van der Waals surface area contributed by atoms with Crippen LogP contribution in [0.1, 0.15) is 11.6 Å². The van der Waals surface area contributed by atoms with Crippen LogP contribution in [-0.4, -0.2) is 31.7 Å². The number of nitrogens with two attached hydrogens (primary N) is 1. The molecule has 0 radical (unpaired) electrons. The molecular weight excluding hydrogens is 275 g/mol. The predicted octanol–water partition coefficient (Wildman–Crippen LogP) is 1.02. The number of hydrogen-bond donors (Lipinski definition) is 1. The molecule has 0 amide bonds. The maximum atomic E-state index is 12.9. The zero-order chi connectivity index (χ0) is 14.7. The van der Waals surface area contributed by atoms with Gasteiger partial charge in [0.1, 0.15) is 12.4 Å². The molecule has 0 fully saturated rings. The Morgan fingerprint density at radius 2 is 2.05 bits per heavy atom. The number of benzene rings is 1. The molecule has 3 aromatic rings. The summed E-state index contributed by atoms with van der Waals surface area (Å²) in [6.45, 7) is 0.847. The lowest BCUT2D eigenvalue weighted by Gasteiger charge is -1.93. The molecule has 0 spiro atoms. The molecule has 0 unspecified atom stereocenters. The molecule has 0 aliphatic carbocycles. The predicted molar refractivity (Wildman–Crippen MR) is 71.6 cm³/mol. The molecule has 0 saturated heterocycles. The lowest BCUT2D eigenvalue weighted by Crippen LogP contribution is -2.03. The van der Waals surface area contributed by atoms with Gasteiger partial charge in [0.05, 0.1) is 5.69 Å². The summed E-state index contributed by atoms with van der Waals surface area (Å²) < 4.78 is 19.6. The fourth-order valence-electron chi connectivity index (χ4n) is 1.85. The molecule has 21 heavy (non-hydrogen) atoms. The highest BCUT2D eigenvalue weighted by Gasteiger charge is 2.10. The zero-order valence-electron chi connectivity index (χ0n) is 11.1. The number of halogens is 1. The van der Waals surface area contributed by atoms with Gasteiger partial charge in [0.2, 0.25) is 11.7 Å². The molecule has 2 heterocycles. The van der Waals surface area contributed by atoms with E-state index in [2.05, 4.69) is 20.5 Å². The molecule has 8 heteroatoms. The van der Waals surface area contributed by atoms with Crippen LogP contribution in [0.15, 0.2) is 35.0 Å². The fraction of sp³-hybridized carbons (Fsp3) is 0.231. The van der Waals surface area contributed by atoms with E-state index >= 15 is 0 Å². The van der Waals surface area contributed by atoms with Gasteiger partial charge in [0.25, 0.3) is 0 Å². The monoisotopic (exact) mass is 288 g/mol. The Hall–Kier alpha value is -2.61. The van der Waals surface area contributed by atoms with Gasteiger partial charge in [-0.15, -0.1) is 5.10 Å². The van der Waals surface area contributed by atoms with Crippen LogP contribution in [0.25, 0.3) is 11.4 Å². The second kappa shape index (κ2) is 5.80. The topological polar surface area (TPSA) is 95.7 Å². The van der Waals surface area contributed by atoms with Crippen molar-refractivity contribution >= 4 is 0 Å². The third kappa shape index (κ3) is 3.11. The third-order valence-corrected chi connectivity index (χ3v) is 2.85. The average molecular weight is 288 g/mol. The number of hydrogen-bond acceptors (Lipinski definition) is 6. The number of nitrogens with zero attached hydrogens (tertiary/aromatic N) is 5. The lowest BCUT2D eigenvalue weighted by atomic mass is 10.2. The van der Waals surface area contributed by atoms with Crippen LogP contribution < -0.4 is 5.73 Å². The average Bonchev–Trinajstić information content (AvgIpc) is 3.11. The molecule has 0 saturated carbocycles. The summed E-state index contributed by atoms with van der Waals surface area (Å²) in [5, 5.41) is 11.8. The highest BCUT2D eigenvalue weighted by molar-refractivity contribution is 5.53. The SMILES string of the molecule is NCCc1cn(Cc2nc(-c3ccc(F)cc3)no2)nn1. The van der Waals surface area contributed by atoms with Gasteiger partial charge in [0.15, 0.2) is 0 Å². The fourth-order valence-corrected chi connectivity index (χ4v) is 1.85. The molecule has 2 aromatic heterocycles. The first kappa shape index (κ1) is 13.4. The van der Waals surface area contributed by atoms with Crippen LogP contribution in [0.3, 0.4) is 0 Å². The maximum absolute atomic E-state index is 12.9. The van der Waals surface area contributed by atoms with Gasteiger partial charge in [-0.1, -0.05) is 10.4 Å². The minimum absolute atomic E-state index is 0.308. The van der Waals surface area contributed by atoms with Gasteiger partial charge in [-0.2, -0.15) is 4.98 Å². The Balaban J connectivity index is 1.73. The summed E-state index contributed by atoms with van der Waals surface area (Å²) in [6, 6.07) is 5.89. The molecule has 0 aliphatic heterocycles. The highest BCUT2D eigenvalue weighted by atomic mass is 19.1. The minimum Gasteiger partial charge on any atom is -0.337 e. The first-order valence-corrected chi connectivity index (χ1v) is 6.42. The van der Waals surface area contributed by atoms with Crippen LogP contribution in [0, 0.1) is 5.82 Å². The second-order valence-electron chi connectivity index (χ2n) is 4.46. The maximum Gasteiger partial charge on any atom is 0.248 e. The Labute approximate surface area is 119 Å². The van der Waals surface area contributed by atoms with E-state index < -0.39 is 0 Å². The number of aromatic nitrogens is 5. The normalized spacial score (nSPS) is 11.0. The van der Waals surface area contributed by atoms with E-state index in [0.717, 1.165) is 5.69 Å². The zero-order valence-corrected chi connectivity index (χ0v) is 11.1. The molecule has 2 N–H and O–H groups in total. The van der Waals surface area contributed by atoms with Gasteiger partial charge < -0.3 is 10.3 Å². The van der Waals surface area contributed by atoms with Crippen molar-refractivity contribution in [3.05, 3.63) is 47.9 Å². The van der Waals surface area contributed by atoms with E-state index in [-0.39, 0.29) is 5.82 Å². The molecule has 108 valence electrons. The van der Waals surface area contributed by atoms with E-state index in [1.165, 1.54) is 12.1 Å². The Morgan fingerprint density at radius 3 is 2.81 bits per heavy atom. The van der Waals surface area contributed by atoms with Crippen molar-refractivity contribution in [3.8, 4) is 11.4 Å². The van der Waals surface area contributed by atoms with Gasteiger partial charge in [0, 0.05) is 18.2 Å². The largest absolute Gasteiger partial charge is 0.337 e. The van der Waals surface area contributed by atoms with Crippen molar-refractivity contribution in [2.24, 2.45) is 5.73 Å². The van der Waals surface area contributed by atoms with E-state index in [1.54, 1.807) is 23.0 Å². The van der Waals surface area contributed by atoms with Crippen LogP contribution >= 0.6 is 0 Å². The van der Waals surface area contributed by atoms with Crippen molar-refractivity contribution in [2.45, 2.75) is 13.0 Å². The molecule has 0 atom stereocenters. The quantitative estimate of drug-likeness (QED) is 0.753. The van der Waals surface area contributed by atoms with E-state index in [4.69, 9.17) is 10.3 Å². The standard InChI is InChI=1S/C13H13FN6O/c14-10-3-1-9(2-4-10)13-16-12(21-18-13)8-20-7-11(5-6-15)17-19-20/h1-4,7H,5-6,8,15H2. The molecule has 3 rings (SSSR count). The lowest BCUT2D eigenvalue weighted by molar-refractivity contribution is 0.364. The van der Waals surface area contributed by atoms with Gasteiger partial charge >= 0.3 is 0 Å². The van der Waals surface area contributed by atoms with Crippen LogP contribution in [0.5, 0.6) is 0 Å². The summed E-state index contributed by atoms with van der Waals surface area (Å²) in [5.41, 5.74) is 6.96. The number of rotatable bonds is 5. The molecule has 1 aromatic carbocycles. The third-order valence-electron chi connectivity index (χ3n) is 2.85. The Bertz CT molecular complexity index is 720. The smallest absolute Gasteiger partial charge is 0.248 e. The molecular formula is C13H13FN6O.